The molecule has 24 heavy (non-hydrogen) atoms. The molecule has 0 radical (unpaired) electrons. The molecule has 1 aromatic carbocycles. The quantitative estimate of drug-likeness (QED) is 0.532. The Labute approximate surface area is 145 Å². The van der Waals surface area contributed by atoms with Crippen LogP contribution in [0.4, 0.5) is 8.78 Å². The summed E-state index contributed by atoms with van der Waals surface area (Å²) in [5.41, 5.74) is 1.09. The van der Waals surface area contributed by atoms with Gasteiger partial charge in [0.15, 0.2) is 11.6 Å². The number of benzene rings is 1. The summed E-state index contributed by atoms with van der Waals surface area (Å²) in [6.07, 6.45) is 12.8. The van der Waals surface area contributed by atoms with E-state index in [2.05, 4.69) is 26.0 Å². The maximum absolute atomic E-state index is 14.6. The Morgan fingerprint density at radius 3 is 2.29 bits per heavy atom. The minimum Gasteiger partial charge on any atom is -0.203 e. The third kappa shape index (κ3) is 4.07. The van der Waals surface area contributed by atoms with E-state index in [9.17, 15) is 8.78 Å². The summed E-state index contributed by atoms with van der Waals surface area (Å²) in [7, 11) is 0. The highest BCUT2D eigenvalue weighted by Gasteiger charge is 2.23. The van der Waals surface area contributed by atoms with Gasteiger partial charge in [-0.3, -0.25) is 0 Å². The van der Waals surface area contributed by atoms with E-state index in [-0.39, 0.29) is 5.92 Å². The molecule has 2 atom stereocenters. The number of halogens is 2. The van der Waals surface area contributed by atoms with Crippen LogP contribution in [-0.2, 0) is 6.42 Å². The predicted octanol–water partition coefficient (Wildman–Crippen LogP) is 6.79. The van der Waals surface area contributed by atoms with E-state index in [0.29, 0.717) is 29.4 Å². The van der Waals surface area contributed by atoms with Crippen LogP contribution in [0.25, 0.3) is 0 Å². The highest BCUT2D eigenvalue weighted by atomic mass is 19.2. The Morgan fingerprint density at radius 2 is 1.62 bits per heavy atom. The average molecular weight is 332 g/mol. The van der Waals surface area contributed by atoms with Crippen LogP contribution in [0.2, 0.25) is 0 Å². The van der Waals surface area contributed by atoms with Gasteiger partial charge in [0, 0.05) is 5.92 Å². The fraction of sp³-hybridized carbons (Fsp3) is 0.636. The first-order chi connectivity index (χ1) is 11.5. The third-order valence-corrected chi connectivity index (χ3v) is 6.15. The molecule has 2 heteroatoms. The van der Waals surface area contributed by atoms with Crippen molar-refractivity contribution in [3.8, 4) is 0 Å². The molecule has 132 valence electrons. The van der Waals surface area contributed by atoms with Crippen LogP contribution in [0.3, 0.4) is 0 Å². The summed E-state index contributed by atoms with van der Waals surface area (Å²) in [5, 5.41) is 0. The molecule has 2 aliphatic rings. The summed E-state index contributed by atoms with van der Waals surface area (Å²) >= 11 is 0. The molecule has 0 nitrogen and oxygen atoms in total. The second-order valence-corrected chi connectivity index (χ2v) is 8.15. The maximum atomic E-state index is 14.6. The second-order valence-electron chi connectivity index (χ2n) is 8.15. The van der Waals surface area contributed by atoms with E-state index in [0.717, 1.165) is 25.2 Å². The standard InChI is InChI=1S/C22H30F2/c1-15-3-7-17(8-4-15)9-12-19-13-14-20(22(24)21(19)23)18-10-5-16(2)6-11-18/h5,10,13-18H,3-4,6-9,11-12H2,1-2H3. The smallest absolute Gasteiger partial charge is 0.162 e. The molecule has 0 amide bonds. The van der Waals surface area contributed by atoms with E-state index in [1.54, 1.807) is 0 Å². The van der Waals surface area contributed by atoms with Crippen molar-refractivity contribution >= 4 is 0 Å². The summed E-state index contributed by atoms with van der Waals surface area (Å²) in [6.45, 7) is 4.48. The lowest BCUT2D eigenvalue weighted by molar-refractivity contribution is 0.277. The maximum Gasteiger partial charge on any atom is 0.162 e. The topological polar surface area (TPSA) is 0 Å². The Balaban J connectivity index is 1.65. The third-order valence-electron chi connectivity index (χ3n) is 6.15. The molecule has 0 aliphatic heterocycles. The Morgan fingerprint density at radius 1 is 0.875 bits per heavy atom. The zero-order chi connectivity index (χ0) is 17.1. The fourth-order valence-corrected chi connectivity index (χ4v) is 4.28. The van der Waals surface area contributed by atoms with Crippen molar-refractivity contribution in [2.75, 3.05) is 0 Å². The van der Waals surface area contributed by atoms with E-state index in [1.807, 2.05) is 12.1 Å². The molecule has 0 bridgehead atoms. The lowest BCUT2D eigenvalue weighted by Gasteiger charge is -2.26. The molecule has 0 saturated heterocycles. The van der Waals surface area contributed by atoms with Crippen LogP contribution in [-0.4, -0.2) is 0 Å². The largest absolute Gasteiger partial charge is 0.203 e. The molecular weight excluding hydrogens is 302 g/mol. The van der Waals surface area contributed by atoms with Crippen LogP contribution < -0.4 is 0 Å². The fourth-order valence-electron chi connectivity index (χ4n) is 4.28. The Hall–Kier alpha value is -1.18. The lowest BCUT2D eigenvalue weighted by atomic mass is 9.80. The Bertz CT molecular complexity index is 582. The normalized spacial score (nSPS) is 30.5. The molecule has 0 heterocycles. The van der Waals surface area contributed by atoms with Gasteiger partial charge in [0.05, 0.1) is 0 Å². The molecule has 2 unspecified atom stereocenters. The van der Waals surface area contributed by atoms with E-state index >= 15 is 0 Å². The number of hydrogen-bond acceptors (Lipinski definition) is 0. The van der Waals surface area contributed by atoms with Gasteiger partial charge < -0.3 is 0 Å². The highest BCUT2D eigenvalue weighted by molar-refractivity contribution is 5.32. The van der Waals surface area contributed by atoms with E-state index in [1.165, 1.54) is 25.7 Å². The molecule has 2 aliphatic carbocycles. The van der Waals surface area contributed by atoms with Crippen molar-refractivity contribution in [1.29, 1.82) is 0 Å². The second kappa shape index (κ2) is 7.80. The van der Waals surface area contributed by atoms with Gasteiger partial charge in [-0.1, -0.05) is 63.8 Å². The number of aryl methyl sites for hydroxylation is 1. The molecule has 0 spiro atoms. The van der Waals surface area contributed by atoms with Gasteiger partial charge in [-0.25, -0.2) is 8.78 Å². The van der Waals surface area contributed by atoms with Crippen LogP contribution in [0, 0.1) is 29.4 Å². The van der Waals surface area contributed by atoms with Gasteiger partial charge in [0.2, 0.25) is 0 Å². The van der Waals surface area contributed by atoms with Gasteiger partial charge in [-0.2, -0.15) is 0 Å². The van der Waals surface area contributed by atoms with Gasteiger partial charge in [0.25, 0.3) is 0 Å². The number of rotatable bonds is 4. The molecule has 0 N–H and O–H groups in total. The van der Waals surface area contributed by atoms with Gasteiger partial charge in [-0.15, -0.1) is 0 Å². The van der Waals surface area contributed by atoms with Crippen LogP contribution in [0.1, 0.15) is 75.8 Å². The van der Waals surface area contributed by atoms with E-state index < -0.39 is 11.6 Å². The molecule has 1 saturated carbocycles. The Kier molecular flexibility index (Phi) is 5.73. The first-order valence-electron chi connectivity index (χ1n) is 9.69. The molecule has 3 rings (SSSR count). The zero-order valence-corrected chi connectivity index (χ0v) is 15.0. The first-order valence-corrected chi connectivity index (χ1v) is 9.69. The van der Waals surface area contributed by atoms with Crippen LogP contribution in [0.5, 0.6) is 0 Å². The predicted molar refractivity (Wildman–Crippen MR) is 96.1 cm³/mol. The number of hydrogen-bond donors (Lipinski definition) is 0. The van der Waals surface area contributed by atoms with Crippen LogP contribution in [0.15, 0.2) is 24.3 Å². The van der Waals surface area contributed by atoms with Gasteiger partial charge in [-0.05, 0) is 54.6 Å². The monoisotopic (exact) mass is 332 g/mol. The van der Waals surface area contributed by atoms with E-state index in [4.69, 9.17) is 0 Å². The van der Waals surface area contributed by atoms with Crippen molar-refractivity contribution in [1.82, 2.24) is 0 Å². The SMILES string of the molecule is CC1C=CC(c2ccc(CCC3CCC(C)CC3)c(F)c2F)CC1. The molecule has 1 aromatic rings. The average Bonchev–Trinajstić information content (AvgIpc) is 2.59. The van der Waals surface area contributed by atoms with Gasteiger partial charge >= 0.3 is 0 Å². The lowest BCUT2D eigenvalue weighted by Crippen LogP contribution is -2.13. The summed E-state index contributed by atoms with van der Waals surface area (Å²) < 4.78 is 29.1. The summed E-state index contributed by atoms with van der Waals surface area (Å²) in [6, 6.07) is 3.65. The molecular formula is C22H30F2. The number of allylic oxidation sites excluding steroid dienone is 2. The van der Waals surface area contributed by atoms with Crippen molar-refractivity contribution in [2.45, 2.75) is 71.1 Å². The first kappa shape index (κ1) is 17.6. The minimum absolute atomic E-state index is 0.0320. The van der Waals surface area contributed by atoms with Crippen molar-refractivity contribution in [3.63, 3.8) is 0 Å². The van der Waals surface area contributed by atoms with Crippen molar-refractivity contribution < 1.29 is 8.78 Å². The summed E-state index contributed by atoms with van der Waals surface area (Å²) in [4.78, 5) is 0. The van der Waals surface area contributed by atoms with Crippen LogP contribution >= 0.6 is 0 Å². The summed E-state index contributed by atoms with van der Waals surface area (Å²) in [5.74, 6) is 0.876. The van der Waals surface area contributed by atoms with Crippen molar-refractivity contribution in [2.24, 2.45) is 17.8 Å². The van der Waals surface area contributed by atoms with Crippen molar-refractivity contribution in [3.05, 3.63) is 47.0 Å². The zero-order valence-electron chi connectivity index (χ0n) is 15.0. The molecule has 1 fully saturated rings. The molecule has 0 aromatic heterocycles. The highest BCUT2D eigenvalue weighted by Crippen LogP contribution is 2.34. The minimum atomic E-state index is -0.617. The van der Waals surface area contributed by atoms with Gasteiger partial charge in [0.1, 0.15) is 0 Å².